The van der Waals surface area contributed by atoms with Crippen LogP contribution in [-0.2, 0) is 9.53 Å². The lowest BCUT2D eigenvalue weighted by atomic mass is 10.2. The van der Waals surface area contributed by atoms with E-state index in [1.807, 2.05) is 48.5 Å². The average Bonchev–Trinajstić information content (AvgIpc) is 3.24. The Hall–Kier alpha value is -2.73. The van der Waals surface area contributed by atoms with Crippen LogP contribution >= 0.6 is 0 Å². The molecule has 2 aromatic carbocycles. The molecule has 2 N–H and O–H groups in total. The van der Waals surface area contributed by atoms with Gasteiger partial charge in [0.1, 0.15) is 18.1 Å². The summed E-state index contributed by atoms with van der Waals surface area (Å²) < 4.78 is 17.2. The van der Waals surface area contributed by atoms with E-state index in [1.54, 1.807) is 0 Å². The van der Waals surface area contributed by atoms with Crippen molar-refractivity contribution < 1.29 is 19.0 Å². The molecule has 1 atom stereocenters. The Labute approximate surface area is 172 Å². The molecule has 0 aromatic heterocycles. The Bertz CT molecular complexity index is 788. The van der Waals surface area contributed by atoms with Gasteiger partial charge < -0.3 is 24.8 Å². The number of nitrogens with one attached hydrogen (secondary N) is 2. The van der Waals surface area contributed by atoms with Crippen molar-refractivity contribution in [1.29, 1.82) is 0 Å². The first kappa shape index (κ1) is 21.0. The number of ether oxygens (including phenoxy) is 3. The van der Waals surface area contributed by atoms with Crippen LogP contribution in [0, 0.1) is 5.92 Å². The summed E-state index contributed by atoms with van der Waals surface area (Å²) in [5.74, 6) is 1.76. The first-order valence-electron chi connectivity index (χ1n) is 10.2. The van der Waals surface area contributed by atoms with Crippen LogP contribution in [0.15, 0.2) is 48.5 Å². The van der Waals surface area contributed by atoms with Crippen molar-refractivity contribution in [2.45, 2.75) is 32.8 Å². The molecule has 1 aliphatic heterocycles. The van der Waals surface area contributed by atoms with E-state index in [0.717, 1.165) is 36.6 Å². The van der Waals surface area contributed by atoms with Crippen molar-refractivity contribution in [1.82, 2.24) is 0 Å². The molecule has 29 heavy (non-hydrogen) atoms. The molecule has 0 spiro atoms. The largest absolute Gasteiger partial charge is 0.491 e. The number of rotatable bonds is 10. The third-order valence-corrected chi connectivity index (χ3v) is 4.48. The maximum Gasteiger partial charge on any atom is 0.243 e. The van der Waals surface area contributed by atoms with Gasteiger partial charge in [-0.15, -0.1) is 0 Å². The second-order valence-electron chi connectivity index (χ2n) is 7.58. The summed E-state index contributed by atoms with van der Waals surface area (Å²) in [6, 6.07) is 15.1. The monoisotopic (exact) mass is 398 g/mol. The molecule has 0 bridgehead atoms. The normalized spacial score (nSPS) is 15.9. The quantitative estimate of drug-likeness (QED) is 0.623. The molecule has 2 aromatic rings. The Kier molecular flexibility index (Phi) is 7.76. The first-order chi connectivity index (χ1) is 14.1. The highest BCUT2D eigenvalue weighted by Crippen LogP contribution is 2.24. The van der Waals surface area contributed by atoms with E-state index in [2.05, 4.69) is 24.5 Å². The lowest BCUT2D eigenvalue weighted by Gasteiger charge is -2.15. The van der Waals surface area contributed by atoms with Crippen LogP contribution in [-0.4, -0.2) is 38.4 Å². The van der Waals surface area contributed by atoms with Gasteiger partial charge in [-0.2, -0.15) is 0 Å². The molecule has 1 saturated heterocycles. The maximum absolute atomic E-state index is 12.4. The number of para-hydroxylation sites is 2. The molecule has 3 rings (SSSR count). The Balaban J connectivity index is 1.49. The van der Waals surface area contributed by atoms with E-state index in [9.17, 15) is 4.79 Å². The maximum atomic E-state index is 12.4. The fraction of sp³-hybridized carbons (Fsp3) is 0.435. The first-order valence-corrected chi connectivity index (χ1v) is 10.2. The van der Waals surface area contributed by atoms with Crippen LogP contribution in [0.1, 0.15) is 26.7 Å². The van der Waals surface area contributed by atoms with Crippen LogP contribution in [0.3, 0.4) is 0 Å². The van der Waals surface area contributed by atoms with Crippen LogP contribution in [0.4, 0.5) is 11.4 Å². The van der Waals surface area contributed by atoms with Crippen LogP contribution in [0.2, 0.25) is 0 Å². The zero-order valence-electron chi connectivity index (χ0n) is 17.1. The van der Waals surface area contributed by atoms with Gasteiger partial charge in [-0.25, -0.2) is 0 Å². The van der Waals surface area contributed by atoms with Crippen LogP contribution < -0.4 is 20.1 Å². The van der Waals surface area contributed by atoms with Crippen molar-refractivity contribution in [2.75, 3.05) is 37.0 Å². The minimum absolute atomic E-state index is 0.139. The van der Waals surface area contributed by atoms with Crippen molar-refractivity contribution in [3.05, 3.63) is 48.5 Å². The number of hydrogen-bond acceptors (Lipinski definition) is 5. The molecular weight excluding hydrogens is 368 g/mol. The third-order valence-electron chi connectivity index (χ3n) is 4.48. The van der Waals surface area contributed by atoms with Gasteiger partial charge in [0.2, 0.25) is 5.91 Å². The summed E-state index contributed by atoms with van der Waals surface area (Å²) in [5.41, 5.74) is 1.50. The molecule has 1 amide bonds. The Morgan fingerprint density at radius 3 is 2.83 bits per heavy atom. The smallest absolute Gasteiger partial charge is 0.243 e. The van der Waals surface area contributed by atoms with E-state index < -0.39 is 0 Å². The molecule has 0 aliphatic carbocycles. The van der Waals surface area contributed by atoms with Gasteiger partial charge in [-0.05, 0) is 43.0 Å². The van der Waals surface area contributed by atoms with Gasteiger partial charge in [-0.1, -0.05) is 32.0 Å². The minimum atomic E-state index is -0.139. The van der Waals surface area contributed by atoms with Crippen LogP contribution in [0.5, 0.6) is 11.5 Å². The van der Waals surface area contributed by atoms with Gasteiger partial charge in [0.25, 0.3) is 0 Å². The van der Waals surface area contributed by atoms with E-state index in [1.165, 1.54) is 0 Å². The summed E-state index contributed by atoms with van der Waals surface area (Å²) in [6.45, 7) is 6.31. The van der Waals surface area contributed by atoms with Crippen molar-refractivity contribution in [3.8, 4) is 11.5 Å². The predicted octanol–water partition coefficient (Wildman–Crippen LogP) is 4.33. The van der Waals surface area contributed by atoms with Crippen molar-refractivity contribution in [3.63, 3.8) is 0 Å². The Morgan fingerprint density at radius 1 is 1.17 bits per heavy atom. The lowest BCUT2D eigenvalue weighted by Crippen LogP contribution is -2.22. The fourth-order valence-electron chi connectivity index (χ4n) is 3.00. The summed E-state index contributed by atoms with van der Waals surface area (Å²) in [6.07, 6.45) is 2.28. The van der Waals surface area contributed by atoms with Crippen LogP contribution in [0.25, 0.3) is 0 Å². The third kappa shape index (κ3) is 6.98. The average molecular weight is 399 g/mol. The minimum Gasteiger partial charge on any atom is -0.491 e. The SMILES string of the molecule is CC(C)COc1ccccc1NCC(=O)Nc1cccc(OCC2CCCO2)c1. The summed E-state index contributed by atoms with van der Waals surface area (Å²) in [5, 5.41) is 6.05. The van der Waals surface area contributed by atoms with E-state index >= 15 is 0 Å². The van der Waals surface area contributed by atoms with Crippen molar-refractivity contribution >= 4 is 17.3 Å². The second-order valence-corrected chi connectivity index (χ2v) is 7.58. The number of anilines is 2. The zero-order valence-corrected chi connectivity index (χ0v) is 17.1. The molecular formula is C23H30N2O4. The molecule has 156 valence electrons. The van der Waals surface area contributed by atoms with E-state index in [-0.39, 0.29) is 18.6 Å². The molecule has 1 aliphatic rings. The lowest BCUT2D eigenvalue weighted by molar-refractivity contribution is -0.114. The molecule has 1 unspecified atom stereocenters. The van der Waals surface area contributed by atoms with E-state index in [0.29, 0.717) is 24.8 Å². The Morgan fingerprint density at radius 2 is 2.03 bits per heavy atom. The number of amides is 1. The van der Waals surface area contributed by atoms with Gasteiger partial charge in [-0.3, -0.25) is 4.79 Å². The zero-order chi connectivity index (χ0) is 20.5. The van der Waals surface area contributed by atoms with E-state index in [4.69, 9.17) is 14.2 Å². The van der Waals surface area contributed by atoms with Gasteiger partial charge in [0.05, 0.1) is 24.9 Å². The van der Waals surface area contributed by atoms with Gasteiger partial charge >= 0.3 is 0 Å². The number of carbonyl (C=O) groups excluding carboxylic acids is 1. The topological polar surface area (TPSA) is 68.8 Å². The summed E-state index contributed by atoms with van der Waals surface area (Å²) >= 11 is 0. The highest BCUT2D eigenvalue weighted by molar-refractivity contribution is 5.94. The molecule has 0 radical (unpaired) electrons. The van der Waals surface area contributed by atoms with Crippen molar-refractivity contribution in [2.24, 2.45) is 5.92 Å². The van der Waals surface area contributed by atoms with Gasteiger partial charge in [0.15, 0.2) is 0 Å². The summed E-state index contributed by atoms with van der Waals surface area (Å²) in [7, 11) is 0. The highest BCUT2D eigenvalue weighted by atomic mass is 16.5. The van der Waals surface area contributed by atoms with Gasteiger partial charge in [0, 0.05) is 18.4 Å². The number of hydrogen-bond donors (Lipinski definition) is 2. The number of benzene rings is 2. The highest BCUT2D eigenvalue weighted by Gasteiger charge is 2.16. The number of carbonyl (C=O) groups is 1. The second kappa shape index (κ2) is 10.7. The standard InChI is InChI=1S/C23H30N2O4/c1-17(2)15-29-22-11-4-3-10-21(22)24-14-23(26)25-18-7-5-8-19(13-18)28-16-20-9-6-12-27-20/h3-5,7-8,10-11,13,17,20,24H,6,9,12,14-16H2,1-2H3,(H,25,26). The molecule has 6 nitrogen and oxygen atoms in total. The molecule has 0 saturated carbocycles. The molecule has 1 heterocycles. The molecule has 1 fully saturated rings. The molecule has 6 heteroatoms. The fourth-order valence-corrected chi connectivity index (χ4v) is 3.00. The summed E-state index contributed by atoms with van der Waals surface area (Å²) in [4.78, 5) is 12.4. The predicted molar refractivity (Wildman–Crippen MR) is 115 cm³/mol.